The molecule has 1 fully saturated rings. The maximum Gasteiger partial charge on any atom is 0.282 e. The van der Waals surface area contributed by atoms with Gasteiger partial charge in [0.2, 0.25) is 5.91 Å². The first-order valence-electron chi connectivity index (χ1n) is 8.68. The number of nitrogens with zero attached hydrogens (tertiary/aromatic N) is 3. The summed E-state index contributed by atoms with van der Waals surface area (Å²) in [5.74, 6) is -0.0683. The molecule has 1 aliphatic heterocycles. The number of carbonyl (C=O) groups excluding carboxylic acids is 1. The van der Waals surface area contributed by atoms with Crippen LogP contribution >= 0.6 is 0 Å². The van der Waals surface area contributed by atoms with Crippen LogP contribution in [0.3, 0.4) is 0 Å². The summed E-state index contributed by atoms with van der Waals surface area (Å²) in [6.07, 6.45) is 1.63. The fourth-order valence-corrected chi connectivity index (χ4v) is 4.52. The lowest BCUT2D eigenvalue weighted by molar-refractivity contribution is -0.127. The lowest BCUT2D eigenvalue weighted by Gasteiger charge is -2.36. The molecular formula is C18H27N3O3S. The lowest BCUT2D eigenvalue weighted by Crippen LogP contribution is -2.54. The van der Waals surface area contributed by atoms with Crippen molar-refractivity contribution >= 4 is 21.7 Å². The molecule has 2 rings (SSSR count). The molecule has 1 saturated heterocycles. The van der Waals surface area contributed by atoms with Gasteiger partial charge >= 0.3 is 0 Å². The third-order valence-corrected chi connectivity index (χ3v) is 6.66. The van der Waals surface area contributed by atoms with Gasteiger partial charge in [0.15, 0.2) is 0 Å². The molecule has 1 amide bonds. The van der Waals surface area contributed by atoms with E-state index in [9.17, 15) is 13.2 Å². The molecule has 1 heterocycles. The first-order valence-corrected chi connectivity index (χ1v) is 10.1. The molecule has 0 N–H and O–H groups in total. The number of rotatable bonds is 6. The quantitative estimate of drug-likeness (QED) is 0.723. The molecule has 1 aliphatic rings. The number of hydrogen-bond acceptors (Lipinski definition) is 3. The predicted octanol–water partition coefficient (Wildman–Crippen LogP) is 1.82. The minimum atomic E-state index is -3.43. The van der Waals surface area contributed by atoms with E-state index >= 15 is 0 Å². The standard InChI is InChI=1S/C18H27N3O3S/c1-4-20(5-2)25(23,24)21-13-11-19(12-14-21)18(22)15-16(3)17-9-7-6-8-10-17/h6-10,15H,4-5,11-14H2,1-3H3/b16-15-. The van der Waals surface area contributed by atoms with Crippen LogP contribution in [0.5, 0.6) is 0 Å². The predicted molar refractivity (Wildman–Crippen MR) is 100 cm³/mol. The number of amides is 1. The fraction of sp³-hybridized carbons (Fsp3) is 0.500. The van der Waals surface area contributed by atoms with Crippen LogP contribution in [0.4, 0.5) is 0 Å². The molecule has 1 aromatic rings. The molecular weight excluding hydrogens is 338 g/mol. The topological polar surface area (TPSA) is 60.9 Å². The molecule has 0 saturated carbocycles. The second kappa shape index (κ2) is 8.60. The molecule has 138 valence electrons. The van der Waals surface area contributed by atoms with Gasteiger partial charge in [0.25, 0.3) is 10.2 Å². The Balaban J connectivity index is 1.99. The Morgan fingerprint density at radius 1 is 1.08 bits per heavy atom. The third-order valence-electron chi connectivity index (χ3n) is 4.48. The van der Waals surface area contributed by atoms with Crippen LogP contribution in [0.25, 0.3) is 5.57 Å². The smallest absolute Gasteiger partial charge is 0.282 e. The van der Waals surface area contributed by atoms with Crippen molar-refractivity contribution in [3.05, 3.63) is 42.0 Å². The number of carbonyl (C=O) groups is 1. The SMILES string of the molecule is CCN(CC)S(=O)(=O)N1CCN(C(=O)/C=C(/C)c2ccccc2)CC1. The van der Waals surface area contributed by atoms with E-state index in [0.29, 0.717) is 39.3 Å². The van der Waals surface area contributed by atoms with E-state index in [0.717, 1.165) is 11.1 Å². The fourth-order valence-electron chi connectivity index (χ4n) is 2.91. The van der Waals surface area contributed by atoms with E-state index in [1.807, 2.05) is 51.1 Å². The van der Waals surface area contributed by atoms with Gasteiger partial charge in [0, 0.05) is 45.3 Å². The minimum Gasteiger partial charge on any atom is -0.337 e. The van der Waals surface area contributed by atoms with E-state index in [2.05, 4.69) is 0 Å². The van der Waals surface area contributed by atoms with Crippen molar-refractivity contribution in [3.63, 3.8) is 0 Å². The van der Waals surface area contributed by atoms with Gasteiger partial charge in [-0.2, -0.15) is 17.0 Å². The first-order chi connectivity index (χ1) is 11.9. The maximum atomic E-state index is 12.5. The van der Waals surface area contributed by atoms with E-state index < -0.39 is 10.2 Å². The van der Waals surface area contributed by atoms with Crippen molar-refractivity contribution in [1.29, 1.82) is 0 Å². The molecule has 0 bridgehead atoms. The maximum absolute atomic E-state index is 12.5. The zero-order valence-electron chi connectivity index (χ0n) is 15.2. The van der Waals surface area contributed by atoms with Gasteiger partial charge in [-0.3, -0.25) is 4.79 Å². The molecule has 0 unspecified atom stereocenters. The second-order valence-corrected chi connectivity index (χ2v) is 7.94. The lowest BCUT2D eigenvalue weighted by atomic mass is 10.1. The van der Waals surface area contributed by atoms with Gasteiger partial charge in [-0.05, 0) is 18.1 Å². The normalized spacial score (nSPS) is 17.1. The molecule has 25 heavy (non-hydrogen) atoms. The molecule has 1 aromatic carbocycles. The number of allylic oxidation sites excluding steroid dienone is 1. The molecule has 0 radical (unpaired) electrons. The monoisotopic (exact) mass is 365 g/mol. The summed E-state index contributed by atoms with van der Waals surface area (Å²) < 4.78 is 28.0. The molecule has 6 nitrogen and oxygen atoms in total. The van der Waals surface area contributed by atoms with Gasteiger partial charge < -0.3 is 4.90 Å². The number of hydrogen-bond donors (Lipinski definition) is 0. The zero-order chi connectivity index (χ0) is 18.4. The van der Waals surface area contributed by atoms with Crippen molar-refractivity contribution in [3.8, 4) is 0 Å². The first kappa shape index (κ1) is 19.6. The van der Waals surface area contributed by atoms with Crippen LogP contribution in [0, 0.1) is 0 Å². The van der Waals surface area contributed by atoms with Gasteiger partial charge in [-0.15, -0.1) is 0 Å². The third kappa shape index (κ3) is 4.68. The Bertz CT molecular complexity index is 704. The Morgan fingerprint density at radius 3 is 2.16 bits per heavy atom. The highest BCUT2D eigenvalue weighted by Crippen LogP contribution is 2.15. The Morgan fingerprint density at radius 2 is 1.64 bits per heavy atom. The van der Waals surface area contributed by atoms with Crippen LogP contribution in [-0.4, -0.2) is 67.1 Å². The Labute approximate surface area is 150 Å². The Kier molecular flexibility index (Phi) is 6.75. The summed E-state index contributed by atoms with van der Waals surface area (Å²) in [5, 5.41) is 0. The highest BCUT2D eigenvalue weighted by molar-refractivity contribution is 7.86. The summed E-state index contributed by atoms with van der Waals surface area (Å²) in [4.78, 5) is 14.2. The zero-order valence-corrected chi connectivity index (χ0v) is 16.0. The number of piperazine rings is 1. The molecule has 0 aliphatic carbocycles. The Hall–Kier alpha value is -1.70. The van der Waals surface area contributed by atoms with Crippen molar-refractivity contribution in [2.45, 2.75) is 20.8 Å². The minimum absolute atomic E-state index is 0.0683. The van der Waals surface area contributed by atoms with Gasteiger partial charge in [-0.25, -0.2) is 0 Å². The van der Waals surface area contributed by atoms with Crippen molar-refractivity contribution in [1.82, 2.24) is 13.5 Å². The summed E-state index contributed by atoms with van der Waals surface area (Å²) >= 11 is 0. The highest BCUT2D eigenvalue weighted by atomic mass is 32.2. The van der Waals surface area contributed by atoms with Crippen LogP contribution in [-0.2, 0) is 15.0 Å². The van der Waals surface area contributed by atoms with Gasteiger partial charge in [0.1, 0.15) is 0 Å². The largest absolute Gasteiger partial charge is 0.337 e. The summed E-state index contributed by atoms with van der Waals surface area (Å²) in [6.45, 7) is 7.99. The molecule has 0 spiro atoms. The van der Waals surface area contributed by atoms with E-state index in [1.54, 1.807) is 11.0 Å². The van der Waals surface area contributed by atoms with E-state index in [-0.39, 0.29) is 5.91 Å². The highest BCUT2D eigenvalue weighted by Gasteiger charge is 2.31. The summed E-state index contributed by atoms with van der Waals surface area (Å²) in [5.41, 5.74) is 1.92. The molecule has 0 atom stereocenters. The molecule has 0 aromatic heterocycles. The summed E-state index contributed by atoms with van der Waals surface area (Å²) in [7, 11) is -3.43. The van der Waals surface area contributed by atoms with Crippen molar-refractivity contribution in [2.24, 2.45) is 0 Å². The second-order valence-electron chi connectivity index (χ2n) is 6.01. The van der Waals surface area contributed by atoms with Crippen molar-refractivity contribution in [2.75, 3.05) is 39.3 Å². The van der Waals surface area contributed by atoms with Gasteiger partial charge in [0.05, 0.1) is 0 Å². The van der Waals surface area contributed by atoms with Crippen LogP contribution in [0.2, 0.25) is 0 Å². The van der Waals surface area contributed by atoms with Crippen LogP contribution in [0.15, 0.2) is 36.4 Å². The average Bonchev–Trinajstić information content (AvgIpc) is 2.63. The van der Waals surface area contributed by atoms with E-state index in [4.69, 9.17) is 0 Å². The molecule has 7 heteroatoms. The average molecular weight is 365 g/mol. The van der Waals surface area contributed by atoms with Gasteiger partial charge in [-0.1, -0.05) is 44.2 Å². The van der Waals surface area contributed by atoms with Crippen LogP contribution in [0.1, 0.15) is 26.3 Å². The van der Waals surface area contributed by atoms with Crippen LogP contribution < -0.4 is 0 Å². The summed E-state index contributed by atoms with van der Waals surface area (Å²) in [6, 6.07) is 9.75. The van der Waals surface area contributed by atoms with E-state index in [1.165, 1.54) is 8.61 Å². The number of benzene rings is 1. The van der Waals surface area contributed by atoms with Crippen molar-refractivity contribution < 1.29 is 13.2 Å².